The van der Waals surface area contributed by atoms with Crippen LogP contribution in [0.3, 0.4) is 0 Å². The molecule has 7 heteroatoms. The molecule has 0 aliphatic carbocycles. The first-order valence-electron chi connectivity index (χ1n) is 8.73. The van der Waals surface area contributed by atoms with Gasteiger partial charge in [-0.1, -0.05) is 24.3 Å². The second-order valence-corrected chi connectivity index (χ2v) is 6.23. The van der Waals surface area contributed by atoms with Crippen LogP contribution in [0.5, 0.6) is 5.75 Å². The molecule has 0 unspecified atom stereocenters. The van der Waals surface area contributed by atoms with E-state index in [9.17, 15) is 19.5 Å². The van der Waals surface area contributed by atoms with Crippen molar-refractivity contribution in [1.82, 2.24) is 0 Å². The van der Waals surface area contributed by atoms with Crippen LogP contribution >= 0.6 is 0 Å². The second-order valence-electron chi connectivity index (χ2n) is 6.23. The number of aromatic hydroxyl groups is 1. The molecule has 0 radical (unpaired) electrons. The minimum Gasteiger partial charge on any atom is -0.507 e. The molecule has 1 heterocycles. The Hall–Kier alpha value is -4.39. The molecule has 0 atom stereocenters. The van der Waals surface area contributed by atoms with E-state index in [1.54, 1.807) is 36.4 Å². The Kier molecular flexibility index (Phi) is 5.93. The highest BCUT2D eigenvalue weighted by molar-refractivity contribution is 6.06. The van der Waals surface area contributed by atoms with Crippen LogP contribution in [0.1, 0.15) is 32.0 Å². The van der Waals surface area contributed by atoms with Crippen LogP contribution in [0.15, 0.2) is 71.2 Å². The number of aromatic carboxylic acids is 1. The molecule has 3 N–H and O–H groups in total. The Labute approximate surface area is 170 Å². The average Bonchev–Trinajstić information content (AvgIpc) is 3.20. The summed E-state index contributed by atoms with van der Waals surface area (Å²) in [6.45, 7) is 0. The molecule has 3 rings (SSSR count). The maximum absolute atomic E-state index is 12.3. The van der Waals surface area contributed by atoms with Crippen LogP contribution in [-0.2, 0) is 4.79 Å². The molecule has 0 saturated heterocycles. The van der Waals surface area contributed by atoms with Crippen LogP contribution in [0, 0.1) is 0 Å². The van der Waals surface area contributed by atoms with E-state index in [2.05, 4.69) is 0 Å². The van der Waals surface area contributed by atoms with E-state index >= 15 is 0 Å². The molecule has 2 aromatic carbocycles. The number of carboxylic acid groups (broad SMARTS) is 2. The smallest absolute Gasteiger partial charge is 0.339 e. The fraction of sp³-hybridized carbons (Fsp3) is 0. The molecule has 0 bridgehead atoms. The number of carboxylic acids is 2. The van der Waals surface area contributed by atoms with Crippen LogP contribution < -0.4 is 0 Å². The van der Waals surface area contributed by atoms with Crippen molar-refractivity contribution >= 4 is 29.9 Å². The van der Waals surface area contributed by atoms with Crippen molar-refractivity contribution in [2.24, 2.45) is 0 Å². The van der Waals surface area contributed by atoms with Crippen LogP contribution in [-0.4, -0.2) is 33.0 Å². The van der Waals surface area contributed by atoms with Gasteiger partial charge in [0, 0.05) is 17.2 Å². The first-order chi connectivity index (χ1) is 14.3. The van der Waals surface area contributed by atoms with Gasteiger partial charge in [0.2, 0.25) is 0 Å². The number of hydrogen-bond donors (Lipinski definition) is 3. The fourth-order valence-corrected chi connectivity index (χ4v) is 2.64. The molecule has 0 fully saturated rings. The zero-order valence-corrected chi connectivity index (χ0v) is 15.5. The number of furan rings is 1. The molecule has 150 valence electrons. The second kappa shape index (κ2) is 8.74. The molecular weight excluding hydrogens is 388 g/mol. The van der Waals surface area contributed by atoms with Crippen molar-refractivity contribution in [3.8, 4) is 17.1 Å². The lowest BCUT2D eigenvalue weighted by molar-refractivity contribution is -0.131. The molecule has 0 spiro atoms. The van der Waals surface area contributed by atoms with Crippen LogP contribution in [0.4, 0.5) is 0 Å². The lowest BCUT2D eigenvalue weighted by Crippen LogP contribution is -1.96. The van der Waals surface area contributed by atoms with Crippen molar-refractivity contribution in [1.29, 1.82) is 0 Å². The predicted octanol–water partition coefficient (Wildman–Crippen LogP) is 4.34. The standard InChI is InChI=1S/C23H16O7/c24-19(15-4-1-14(2-5-15)3-12-22(26)27)10-7-17-8-11-21(30-17)16-6-9-20(25)18(13-16)23(28)29/h1-13,25H,(H,26,27)(H,28,29)/b10-7+,12-3+. The van der Waals surface area contributed by atoms with Gasteiger partial charge in [0.1, 0.15) is 22.8 Å². The number of allylic oxidation sites excluding steroid dienone is 1. The molecule has 0 amide bonds. The number of carbonyl (C=O) groups excluding carboxylic acids is 1. The fourth-order valence-electron chi connectivity index (χ4n) is 2.64. The third-order valence-corrected chi connectivity index (χ3v) is 4.15. The van der Waals surface area contributed by atoms with E-state index in [4.69, 9.17) is 14.6 Å². The number of ketones is 1. The molecule has 7 nitrogen and oxygen atoms in total. The third-order valence-electron chi connectivity index (χ3n) is 4.15. The van der Waals surface area contributed by atoms with Gasteiger partial charge in [-0.25, -0.2) is 9.59 Å². The van der Waals surface area contributed by atoms with Gasteiger partial charge in [0.25, 0.3) is 0 Å². The lowest BCUT2D eigenvalue weighted by atomic mass is 10.1. The highest BCUT2D eigenvalue weighted by Gasteiger charge is 2.13. The summed E-state index contributed by atoms with van der Waals surface area (Å²) in [5.74, 6) is -2.13. The van der Waals surface area contributed by atoms with Crippen molar-refractivity contribution in [3.05, 3.63) is 89.2 Å². The summed E-state index contributed by atoms with van der Waals surface area (Å²) in [5.41, 5.74) is 1.32. The Bertz CT molecular complexity index is 1160. The largest absolute Gasteiger partial charge is 0.507 e. The van der Waals surface area contributed by atoms with E-state index in [1.807, 2.05) is 0 Å². The van der Waals surface area contributed by atoms with Crippen LogP contribution in [0.25, 0.3) is 23.5 Å². The molecule has 0 aliphatic heterocycles. The third kappa shape index (κ3) is 4.90. The lowest BCUT2D eigenvalue weighted by Gasteiger charge is -2.02. The zero-order chi connectivity index (χ0) is 21.7. The number of hydrogen-bond acceptors (Lipinski definition) is 5. The van der Waals surface area contributed by atoms with Crippen molar-refractivity contribution < 1.29 is 34.1 Å². The number of benzene rings is 2. The maximum atomic E-state index is 12.3. The Morgan fingerprint density at radius 1 is 0.833 bits per heavy atom. The van der Waals surface area contributed by atoms with E-state index in [0.29, 0.717) is 28.2 Å². The minimum absolute atomic E-state index is 0.238. The first-order valence-corrected chi connectivity index (χ1v) is 8.73. The Morgan fingerprint density at radius 2 is 1.57 bits per heavy atom. The van der Waals surface area contributed by atoms with Crippen molar-refractivity contribution in [2.45, 2.75) is 0 Å². The number of rotatable bonds is 7. The van der Waals surface area contributed by atoms with Gasteiger partial charge in [0.15, 0.2) is 5.78 Å². The highest BCUT2D eigenvalue weighted by Crippen LogP contribution is 2.28. The monoisotopic (exact) mass is 404 g/mol. The number of carbonyl (C=O) groups is 3. The maximum Gasteiger partial charge on any atom is 0.339 e. The molecule has 0 aliphatic rings. The van der Waals surface area contributed by atoms with Gasteiger partial charge in [-0.05, 0) is 54.1 Å². The SMILES string of the molecule is O=C(O)/C=C/c1ccc(C(=O)/C=C/c2ccc(-c3ccc(O)c(C(=O)O)c3)o2)cc1. The van der Waals surface area contributed by atoms with Gasteiger partial charge >= 0.3 is 11.9 Å². The zero-order valence-electron chi connectivity index (χ0n) is 15.5. The van der Waals surface area contributed by atoms with Crippen LogP contribution in [0.2, 0.25) is 0 Å². The van der Waals surface area contributed by atoms with E-state index < -0.39 is 11.9 Å². The number of aliphatic carboxylic acids is 1. The summed E-state index contributed by atoms with van der Waals surface area (Å²) < 4.78 is 5.63. The summed E-state index contributed by atoms with van der Waals surface area (Å²) in [6, 6.07) is 13.8. The topological polar surface area (TPSA) is 125 Å². The van der Waals surface area contributed by atoms with E-state index in [1.165, 1.54) is 36.4 Å². The minimum atomic E-state index is -1.25. The predicted molar refractivity (Wildman–Crippen MR) is 109 cm³/mol. The van der Waals surface area contributed by atoms with Crippen molar-refractivity contribution in [3.63, 3.8) is 0 Å². The average molecular weight is 404 g/mol. The Balaban J connectivity index is 1.72. The van der Waals surface area contributed by atoms with Gasteiger partial charge in [-0.15, -0.1) is 0 Å². The highest BCUT2D eigenvalue weighted by atomic mass is 16.4. The summed E-state index contributed by atoms with van der Waals surface area (Å²) in [7, 11) is 0. The van der Waals surface area contributed by atoms with Crippen molar-refractivity contribution in [2.75, 3.05) is 0 Å². The molecule has 1 aromatic heterocycles. The first kappa shape index (κ1) is 20.3. The Morgan fingerprint density at radius 3 is 2.23 bits per heavy atom. The molecule has 30 heavy (non-hydrogen) atoms. The summed E-state index contributed by atoms with van der Waals surface area (Å²) in [6.07, 6.45) is 5.27. The molecule has 0 saturated carbocycles. The summed E-state index contributed by atoms with van der Waals surface area (Å²) >= 11 is 0. The van der Waals surface area contributed by atoms with E-state index in [0.717, 1.165) is 6.08 Å². The summed E-state index contributed by atoms with van der Waals surface area (Å²) in [4.78, 5) is 34.0. The van der Waals surface area contributed by atoms with Gasteiger partial charge in [-0.2, -0.15) is 0 Å². The van der Waals surface area contributed by atoms with E-state index in [-0.39, 0.29) is 17.1 Å². The quantitative estimate of drug-likeness (QED) is 0.395. The van der Waals surface area contributed by atoms with Gasteiger partial charge in [0.05, 0.1) is 0 Å². The van der Waals surface area contributed by atoms with Gasteiger partial charge in [-0.3, -0.25) is 4.79 Å². The number of phenols is 1. The normalized spacial score (nSPS) is 11.2. The summed E-state index contributed by atoms with van der Waals surface area (Å²) in [5, 5.41) is 27.3. The molecular formula is C23H16O7. The van der Waals surface area contributed by atoms with Gasteiger partial charge < -0.3 is 19.7 Å². The molecule has 3 aromatic rings.